The van der Waals surface area contributed by atoms with E-state index in [4.69, 9.17) is 9.47 Å². The van der Waals surface area contributed by atoms with Crippen LogP contribution in [0.1, 0.15) is 28.8 Å². The molecule has 0 aromatic carbocycles. The van der Waals surface area contributed by atoms with E-state index in [1.165, 1.54) is 11.3 Å². The van der Waals surface area contributed by atoms with Crippen LogP contribution in [0.2, 0.25) is 0 Å². The molecule has 8 heteroatoms. The van der Waals surface area contributed by atoms with Crippen molar-refractivity contribution in [2.75, 3.05) is 39.2 Å². The minimum absolute atomic E-state index is 0.258. The molecular weight excluding hydrogens is 402 g/mol. The average Bonchev–Trinajstić information content (AvgIpc) is 3.13. The molecular formula is C22H29N3O4S. The summed E-state index contributed by atoms with van der Waals surface area (Å²) in [6, 6.07) is 2.24. The maximum Gasteiger partial charge on any atom is 0.410 e. The van der Waals surface area contributed by atoms with E-state index in [9.17, 15) is 14.9 Å². The number of carbonyl (C=O) groups excluding carboxylic acids is 2. The first kappa shape index (κ1) is 25.1. The highest BCUT2D eigenvalue weighted by molar-refractivity contribution is 7.16. The number of nitriles is 1. The standard InChI is InChI=1S/C13H17N3O3S.C9H12O/c1-15-12-10(7-14)9-3-4-16(8-11(9)20-12)13(17)19-6-5-18-2;1-3-4-6-9(2)7-5-8-10/h15H,3-6,8H2,1-2H3;3-4,6,8H,1-2,5,7H2/b;6-4-. The number of aldehydes is 1. The summed E-state index contributed by atoms with van der Waals surface area (Å²) in [7, 11) is 3.37. The van der Waals surface area contributed by atoms with Gasteiger partial charge in [-0.15, -0.1) is 11.3 Å². The van der Waals surface area contributed by atoms with Crippen LogP contribution in [0.3, 0.4) is 0 Å². The van der Waals surface area contributed by atoms with E-state index in [-0.39, 0.29) is 12.7 Å². The molecule has 0 unspecified atom stereocenters. The second-order valence-electron chi connectivity index (χ2n) is 6.31. The molecule has 0 spiro atoms. The van der Waals surface area contributed by atoms with Crippen molar-refractivity contribution in [1.82, 2.24) is 4.90 Å². The van der Waals surface area contributed by atoms with E-state index in [1.54, 1.807) is 25.1 Å². The molecule has 0 atom stereocenters. The van der Waals surface area contributed by atoms with Crippen LogP contribution >= 0.6 is 11.3 Å². The maximum absolute atomic E-state index is 11.9. The highest BCUT2D eigenvalue weighted by Crippen LogP contribution is 2.36. The normalized spacial score (nSPS) is 12.2. The van der Waals surface area contributed by atoms with Crippen molar-refractivity contribution >= 4 is 28.7 Å². The van der Waals surface area contributed by atoms with Crippen LogP contribution < -0.4 is 5.32 Å². The van der Waals surface area contributed by atoms with Gasteiger partial charge in [-0.05, 0) is 18.4 Å². The van der Waals surface area contributed by atoms with E-state index in [0.29, 0.717) is 38.1 Å². The molecule has 0 saturated heterocycles. The molecule has 0 bridgehead atoms. The number of hydrogen-bond acceptors (Lipinski definition) is 7. The Morgan fingerprint density at radius 2 is 2.20 bits per heavy atom. The number of fused-ring (bicyclic) bond motifs is 1. The highest BCUT2D eigenvalue weighted by atomic mass is 32.1. The van der Waals surface area contributed by atoms with Crippen molar-refractivity contribution in [3.05, 3.63) is 53.0 Å². The van der Waals surface area contributed by atoms with E-state index in [2.05, 4.69) is 24.5 Å². The molecule has 162 valence electrons. The number of nitrogens with one attached hydrogen (secondary N) is 1. The Kier molecular flexibility index (Phi) is 11.9. The van der Waals surface area contributed by atoms with Crippen LogP contribution in [0, 0.1) is 11.3 Å². The van der Waals surface area contributed by atoms with E-state index in [0.717, 1.165) is 33.7 Å². The minimum Gasteiger partial charge on any atom is -0.447 e. The van der Waals surface area contributed by atoms with Crippen LogP contribution in [-0.2, 0) is 27.2 Å². The lowest BCUT2D eigenvalue weighted by Gasteiger charge is -2.26. The first-order valence-corrected chi connectivity index (χ1v) is 10.4. The third-order valence-electron chi connectivity index (χ3n) is 4.22. The van der Waals surface area contributed by atoms with Gasteiger partial charge in [0.05, 0.1) is 18.7 Å². The van der Waals surface area contributed by atoms with E-state index in [1.807, 2.05) is 12.2 Å². The van der Waals surface area contributed by atoms with Gasteiger partial charge in [0.1, 0.15) is 24.0 Å². The summed E-state index contributed by atoms with van der Waals surface area (Å²) in [6.07, 6.45) is 7.91. The van der Waals surface area contributed by atoms with Gasteiger partial charge in [-0.1, -0.05) is 37.0 Å². The molecule has 30 heavy (non-hydrogen) atoms. The summed E-state index contributed by atoms with van der Waals surface area (Å²) in [5.74, 6) is 0. The van der Waals surface area contributed by atoms with Crippen molar-refractivity contribution in [2.24, 2.45) is 0 Å². The van der Waals surface area contributed by atoms with Crippen molar-refractivity contribution in [3.8, 4) is 6.07 Å². The van der Waals surface area contributed by atoms with E-state index >= 15 is 0 Å². The quantitative estimate of drug-likeness (QED) is 0.360. The van der Waals surface area contributed by atoms with Crippen molar-refractivity contribution < 1.29 is 19.1 Å². The number of rotatable bonds is 9. The first-order valence-electron chi connectivity index (χ1n) is 9.55. The third-order valence-corrected chi connectivity index (χ3v) is 5.45. The lowest BCUT2D eigenvalue weighted by Crippen LogP contribution is -2.36. The SMILES string of the molecule is C=C/C=C\C(=C)CCC=O.CNc1sc2c(c1C#N)CCN(C(=O)OCCOC)C2. The Bertz CT molecular complexity index is 808. The fourth-order valence-electron chi connectivity index (χ4n) is 2.69. The largest absolute Gasteiger partial charge is 0.447 e. The average molecular weight is 432 g/mol. The molecule has 2 rings (SSSR count). The molecule has 1 aromatic rings. The highest BCUT2D eigenvalue weighted by Gasteiger charge is 2.27. The number of anilines is 1. The van der Waals surface area contributed by atoms with Gasteiger partial charge in [-0.2, -0.15) is 5.26 Å². The van der Waals surface area contributed by atoms with Gasteiger partial charge in [0.25, 0.3) is 0 Å². The molecule has 1 aliphatic heterocycles. The van der Waals surface area contributed by atoms with Gasteiger partial charge < -0.3 is 24.5 Å². The zero-order valence-corrected chi connectivity index (χ0v) is 18.4. The Hall–Kier alpha value is -2.89. The third kappa shape index (κ3) is 7.85. The topological polar surface area (TPSA) is 91.7 Å². The summed E-state index contributed by atoms with van der Waals surface area (Å²) < 4.78 is 9.96. The van der Waals surface area contributed by atoms with Gasteiger partial charge in [-0.3, -0.25) is 0 Å². The number of ether oxygens (including phenoxy) is 2. The number of nitrogens with zero attached hydrogens (tertiary/aromatic N) is 2. The second kappa shape index (κ2) is 14.1. The molecule has 0 saturated carbocycles. The smallest absolute Gasteiger partial charge is 0.410 e. The zero-order chi connectivity index (χ0) is 22.4. The molecule has 1 aromatic heterocycles. The Labute approximate surface area is 182 Å². The fourth-order valence-corrected chi connectivity index (χ4v) is 3.86. The summed E-state index contributed by atoms with van der Waals surface area (Å²) >= 11 is 1.53. The number of amides is 1. The van der Waals surface area contributed by atoms with Gasteiger partial charge >= 0.3 is 6.09 Å². The Morgan fingerprint density at radius 1 is 1.43 bits per heavy atom. The van der Waals surface area contributed by atoms with Crippen molar-refractivity contribution in [2.45, 2.75) is 25.8 Å². The first-order chi connectivity index (χ1) is 14.5. The lowest BCUT2D eigenvalue weighted by molar-refractivity contribution is -0.107. The molecule has 7 nitrogen and oxygen atoms in total. The predicted octanol–water partition coefficient (Wildman–Crippen LogP) is 4.07. The van der Waals surface area contributed by atoms with Gasteiger partial charge in [0, 0.05) is 32.0 Å². The molecule has 0 fully saturated rings. The molecule has 2 heterocycles. The van der Waals surface area contributed by atoms with Gasteiger partial charge in [0.2, 0.25) is 0 Å². The number of methoxy groups -OCH3 is 1. The molecule has 0 aliphatic carbocycles. The lowest BCUT2D eigenvalue weighted by atomic mass is 10.0. The fraction of sp³-hybridized carbons (Fsp3) is 0.409. The summed E-state index contributed by atoms with van der Waals surface area (Å²) in [5, 5.41) is 13.1. The van der Waals surface area contributed by atoms with E-state index < -0.39 is 0 Å². The molecule has 1 aliphatic rings. The Morgan fingerprint density at radius 3 is 2.80 bits per heavy atom. The van der Waals surface area contributed by atoms with Crippen LogP contribution in [0.5, 0.6) is 0 Å². The second-order valence-corrected chi connectivity index (χ2v) is 7.41. The number of thiophene rings is 1. The zero-order valence-electron chi connectivity index (χ0n) is 17.6. The summed E-state index contributed by atoms with van der Waals surface area (Å²) in [6.45, 7) is 8.98. The number of hydrogen-bond donors (Lipinski definition) is 1. The van der Waals surface area contributed by atoms with Crippen molar-refractivity contribution in [1.29, 1.82) is 5.26 Å². The molecule has 1 N–H and O–H groups in total. The predicted molar refractivity (Wildman–Crippen MR) is 120 cm³/mol. The summed E-state index contributed by atoms with van der Waals surface area (Å²) in [4.78, 5) is 24.5. The van der Waals surface area contributed by atoms with Crippen LogP contribution in [0.15, 0.2) is 37.0 Å². The minimum atomic E-state index is -0.328. The molecule has 0 radical (unpaired) electrons. The molecule has 1 amide bonds. The number of allylic oxidation sites excluding steroid dienone is 4. The summed E-state index contributed by atoms with van der Waals surface area (Å²) in [5.41, 5.74) is 2.73. The monoisotopic (exact) mass is 431 g/mol. The Balaban J connectivity index is 0.000000382. The maximum atomic E-state index is 11.9. The van der Waals surface area contributed by atoms with Gasteiger partial charge in [0.15, 0.2) is 0 Å². The van der Waals surface area contributed by atoms with Crippen LogP contribution in [0.4, 0.5) is 9.80 Å². The van der Waals surface area contributed by atoms with Crippen LogP contribution in [0.25, 0.3) is 0 Å². The van der Waals surface area contributed by atoms with Crippen LogP contribution in [-0.4, -0.2) is 51.2 Å². The van der Waals surface area contributed by atoms with Crippen molar-refractivity contribution in [3.63, 3.8) is 0 Å². The van der Waals surface area contributed by atoms with Gasteiger partial charge in [-0.25, -0.2) is 4.79 Å². The number of carbonyl (C=O) groups is 2.